The molecule has 24 heavy (non-hydrogen) atoms. The number of nitrogens with one attached hydrogen (secondary N) is 2. The molecule has 1 aliphatic heterocycles. The van der Waals surface area contributed by atoms with Gasteiger partial charge in [-0.3, -0.25) is 4.99 Å². The molecule has 132 valence electrons. The lowest BCUT2D eigenvalue weighted by atomic mass is 9.57. The molecule has 1 aromatic carbocycles. The number of aliphatic imine (C=N–C) groups is 1. The first-order valence-corrected chi connectivity index (χ1v) is 8.89. The van der Waals surface area contributed by atoms with Gasteiger partial charge in [-0.15, -0.1) is 0 Å². The minimum absolute atomic E-state index is 0.162. The maximum atomic E-state index is 5.85. The number of rotatable bonds is 6. The van der Waals surface area contributed by atoms with E-state index in [1.807, 2.05) is 37.4 Å². The summed E-state index contributed by atoms with van der Waals surface area (Å²) in [6.07, 6.45) is 2.47. The SMILES string of the molecule is CN=C(NCCCOc1ccccc1)NC1C2CCOC2C1(C)C. The van der Waals surface area contributed by atoms with Crippen LogP contribution < -0.4 is 15.4 Å². The summed E-state index contributed by atoms with van der Waals surface area (Å²) in [5.74, 6) is 2.40. The van der Waals surface area contributed by atoms with Crippen LogP contribution in [0.4, 0.5) is 0 Å². The molecule has 3 unspecified atom stereocenters. The van der Waals surface area contributed by atoms with Crippen LogP contribution in [0.1, 0.15) is 26.7 Å². The van der Waals surface area contributed by atoms with E-state index in [0.717, 1.165) is 37.7 Å². The number of nitrogens with zero attached hydrogens (tertiary/aromatic N) is 1. The van der Waals surface area contributed by atoms with Crippen molar-refractivity contribution >= 4 is 5.96 Å². The highest BCUT2D eigenvalue weighted by atomic mass is 16.5. The summed E-state index contributed by atoms with van der Waals surface area (Å²) >= 11 is 0. The maximum absolute atomic E-state index is 5.85. The van der Waals surface area contributed by atoms with Gasteiger partial charge >= 0.3 is 0 Å². The third-order valence-electron chi connectivity index (χ3n) is 5.24. The van der Waals surface area contributed by atoms with Gasteiger partial charge in [0.1, 0.15) is 5.75 Å². The van der Waals surface area contributed by atoms with Crippen LogP contribution in [-0.2, 0) is 4.74 Å². The molecule has 2 fully saturated rings. The Kier molecular flexibility index (Phi) is 5.29. The molecule has 2 aliphatic rings. The molecule has 5 heteroatoms. The zero-order chi connectivity index (χ0) is 17.0. The molecule has 3 atom stereocenters. The number of fused-ring (bicyclic) bond motifs is 1. The summed E-state index contributed by atoms with van der Waals surface area (Å²) in [5.41, 5.74) is 0.162. The molecule has 0 bridgehead atoms. The van der Waals surface area contributed by atoms with Gasteiger partial charge in [-0.2, -0.15) is 0 Å². The average molecular weight is 331 g/mol. The van der Waals surface area contributed by atoms with Gasteiger partial charge in [0.25, 0.3) is 0 Å². The van der Waals surface area contributed by atoms with Crippen LogP contribution in [0.3, 0.4) is 0 Å². The van der Waals surface area contributed by atoms with Crippen molar-refractivity contribution in [3.05, 3.63) is 30.3 Å². The molecule has 1 saturated carbocycles. The van der Waals surface area contributed by atoms with Crippen molar-refractivity contribution in [3.8, 4) is 5.75 Å². The van der Waals surface area contributed by atoms with Crippen molar-refractivity contribution < 1.29 is 9.47 Å². The van der Waals surface area contributed by atoms with Gasteiger partial charge in [0, 0.05) is 37.6 Å². The van der Waals surface area contributed by atoms with Crippen LogP contribution >= 0.6 is 0 Å². The first-order chi connectivity index (χ1) is 11.6. The highest BCUT2D eigenvalue weighted by molar-refractivity contribution is 5.80. The summed E-state index contributed by atoms with van der Waals surface area (Å²) < 4.78 is 11.6. The molecular formula is C19H29N3O2. The summed E-state index contributed by atoms with van der Waals surface area (Å²) in [6.45, 7) is 6.97. The molecule has 1 saturated heterocycles. The third-order valence-corrected chi connectivity index (χ3v) is 5.24. The Morgan fingerprint density at radius 3 is 2.88 bits per heavy atom. The fraction of sp³-hybridized carbons (Fsp3) is 0.632. The second-order valence-electron chi connectivity index (χ2n) is 7.20. The first kappa shape index (κ1) is 17.1. The quantitative estimate of drug-likeness (QED) is 0.478. The summed E-state index contributed by atoms with van der Waals surface area (Å²) in [7, 11) is 1.82. The highest BCUT2D eigenvalue weighted by Crippen LogP contribution is 2.52. The topological polar surface area (TPSA) is 54.9 Å². The average Bonchev–Trinajstić information content (AvgIpc) is 3.05. The van der Waals surface area contributed by atoms with Gasteiger partial charge in [-0.05, 0) is 25.0 Å². The number of para-hydroxylation sites is 1. The van der Waals surface area contributed by atoms with Crippen LogP contribution in [0.2, 0.25) is 0 Å². The molecule has 0 aromatic heterocycles. The van der Waals surface area contributed by atoms with Gasteiger partial charge in [-0.25, -0.2) is 0 Å². The van der Waals surface area contributed by atoms with Crippen LogP contribution in [0.5, 0.6) is 5.75 Å². The first-order valence-electron chi connectivity index (χ1n) is 8.89. The van der Waals surface area contributed by atoms with E-state index in [4.69, 9.17) is 9.47 Å². The smallest absolute Gasteiger partial charge is 0.191 e. The van der Waals surface area contributed by atoms with Crippen molar-refractivity contribution in [2.24, 2.45) is 16.3 Å². The highest BCUT2D eigenvalue weighted by Gasteiger charge is 2.59. The lowest BCUT2D eigenvalue weighted by molar-refractivity contribution is -0.106. The molecule has 2 N–H and O–H groups in total. The largest absolute Gasteiger partial charge is 0.494 e. The number of guanidine groups is 1. The maximum Gasteiger partial charge on any atom is 0.191 e. The van der Waals surface area contributed by atoms with Crippen molar-refractivity contribution in [2.45, 2.75) is 38.8 Å². The van der Waals surface area contributed by atoms with E-state index in [-0.39, 0.29) is 5.41 Å². The van der Waals surface area contributed by atoms with Gasteiger partial charge in [-0.1, -0.05) is 32.0 Å². The van der Waals surface area contributed by atoms with E-state index in [0.29, 0.717) is 24.7 Å². The zero-order valence-electron chi connectivity index (χ0n) is 14.9. The molecule has 0 radical (unpaired) electrons. The van der Waals surface area contributed by atoms with E-state index in [1.165, 1.54) is 0 Å². The molecular weight excluding hydrogens is 302 g/mol. The van der Waals surface area contributed by atoms with E-state index in [1.54, 1.807) is 0 Å². The monoisotopic (exact) mass is 331 g/mol. The molecule has 3 rings (SSSR count). The second-order valence-corrected chi connectivity index (χ2v) is 7.20. The minimum Gasteiger partial charge on any atom is -0.494 e. The summed E-state index contributed by atoms with van der Waals surface area (Å²) in [4.78, 5) is 4.36. The molecule has 5 nitrogen and oxygen atoms in total. The van der Waals surface area contributed by atoms with Crippen molar-refractivity contribution in [1.82, 2.24) is 10.6 Å². The Morgan fingerprint density at radius 2 is 2.12 bits per heavy atom. The lowest BCUT2D eigenvalue weighted by Crippen LogP contribution is -2.68. The number of hydrogen-bond donors (Lipinski definition) is 2. The van der Waals surface area contributed by atoms with E-state index in [2.05, 4.69) is 29.5 Å². The fourth-order valence-corrected chi connectivity index (χ4v) is 3.94. The Hall–Kier alpha value is -1.75. The molecule has 0 amide bonds. The summed E-state index contributed by atoms with van der Waals surface area (Å²) in [6, 6.07) is 10.3. The zero-order valence-corrected chi connectivity index (χ0v) is 14.9. The van der Waals surface area contributed by atoms with E-state index in [9.17, 15) is 0 Å². The molecule has 1 aliphatic carbocycles. The standard InChI is InChI=1S/C19H29N3O2/c1-19(2)16(15-10-13-24-17(15)19)22-18(20-3)21-11-7-12-23-14-8-5-4-6-9-14/h4-6,8-9,15-17H,7,10-13H2,1-3H3,(H2,20,21,22). The Morgan fingerprint density at radius 1 is 1.33 bits per heavy atom. The number of benzene rings is 1. The number of hydrogen-bond acceptors (Lipinski definition) is 3. The second kappa shape index (κ2) is 7.43. The summed E-state index contributed by atoms with van der Waals surface area (Å²) in [5, 5.41) is 6.98. The Labute approximate surface area is 144 Å². The lowest BCUT2D eigenvalue weighted by Gasteiger charge is -2.54. The Bertz CT molecular complexity index is 559. The van der Waals surface area contributed by atoms with Crippen molar-refractivity contribution in [2.75, 3.05) is 26.8 Å². The van der Waals surface area contributed by atoms with Crippen molar-refractivity contribution in [1.29, 1.82) is 0 Å². The fourth-order valence-electron chi connectivity index (χ4n) is 3.94. The van der Waals surface area contributed by atoms with Gasteiger partial charge in [0.15, 0.2) is 5.96 Å². The minimum atomic E-state index is 0.162. The number of ether oxygens (including phenoxy) is 2. The van der Waals surface area contributed by atoms with E-state index >= 15 is 0 Å². The predicted molar refractivity (Wildman–Crippen MR) is 96.5 cm³/mol. The van der Waals surface area contributed by atoms with E-state index < -0.39 is 0 Å². The van der Waals surface area contributed by atoms with Gasteiger partial charge < -0.3 is 20.1 Å². The van der Waals surface area contributed by atoms with Crippen LogP contribution in [0.25, 0.3) is 0 Å². The van der Waals surface area contributed by atoms with Gasteiger partial charge in [0.2, 0.25) is 0 Å². The molecule has 0 spiro atoms. The van der Waals surface area contributed by atoms with Crippen molar-refractivity contribution in [3.63, 3.8) is 0 Å². The normalized spacial score (nSPS) is 28.0. The predicted octanol–water partition coefficient (Wildman–Crippen LogP) is 2.43. The van der Waals surface area contributed by atoms with Crippen LogP contribution in [0, 0.1) is 11.3 Å². The molecule has 1 aromatic rings. The van der Waals surface area contributed by atoms with Crippen LogP contribution in [-0.4, -0.2) is 44.9 Å². The van der Waals surface area contributed by atoms with Crippen LogP contribution in [0.15, 0.2) is 35.3 Å². The molecule has 1 heterocycles. The Balaban J connectivity index is 1.38. The third kappa shape index (κ3) is 3.51. The van der Waals surface area contributed by atoms with Gasteiger partial charge in [0.05, 0.1) is 12.7 Å².